The van der Waals surface area contributed by atoms with Crippen LogP contribution in [0, 0.1) is 5.92 Å². The maximum Gasteiger partial charge on any atom is 0.490 e. The number of aliphatic carboxylic acids is 1. The minimum Gasteiger partial charge on any atom is -0.475 e. The number of halogens is 6. The molecule has 0 amide bonds. The molecule has 0 spiro atoms. The Morgan fingerprint density at radius 1 is 1.11 bits per heavy atom. The Bertz CT molecular complexity index is 587. The van der Waals surface area contributed by atoms with Crippen molar-refractivity contribution in [3.05, 3.63) is 35.4 Å². The predicted octanol–water partition coefficient (Wildman–Crippen LogP) is 3.88. The predicted molar refractivity (Wildman–Crippen MR) is 87.1 cm³/mol. The fourth-order valence-corrected chi connectivity index (χ4v) is 2.11. The molecule has 10 heteroatoms. The van der Waals surface area contributed by atoms with Crippen LogP contribution < -0.4 is 5.32 Å². The van der Waals surface area contributed by atoms with Crippen LogP contribution in [-0.2, 0) is 17.4 Å². The lowest BCUT2D eigenvalue weighted by Crippen LogP contribution is -2.43. The first kappa shape index (κ1) is 25.2. The molecule has 0 radical (unpaired) electrons. The van der Waals surface area contributed by atoms with Crippen LogP contribution in [0.2, 0.25) is 0 Å². The van der Waals surface area contributed by atoms with E-state index in [9.17, 15) is 31.4 Å². The van der Waals surface area contributed by atoms with Crippen molar-refractivity contribution in [2.45, 2.75) is 51.6 Å². The van der Waals surface area contributed by atoms with E-state index in [4.69, 9.17) is 9.90 Å². The highest BCUT2D eigenvalue weighted by molar-refractivity contribution is 5.73. The smallest absolute Gasteiger partial charge is 0.475 e. The summed E-state index contributed by atoms with van der Waals surface area (Å²) >= 11 is 0. The molecule has 0 fully saturated rings. The molecule has 0 saturated heterocycles. The minimum atomic E-state index is -5.08. The van der Waals surface area contributed by atoms with Crippen LogP contribution in [0.1, 0.15) is 31.9 Å². The third-order valence-corrected chi connectivity index (χ3v) is 3.54. The molecule has 0 aliphatic carbocycles. The number of hydrogen-bond donors (Lipinski definition) is 3. The molecule has 0 aliphatic rings. The summed E-state index contributed by atoms with van der Waals surface area (Å²) in [5.41, 5.74) is 0.0186. The summed E-state index contributed by atoms with van der Waals surface area (Å²) in [6.45, 7) is 5.91. The molecule has 0 bridgehead atoms. The number of rotatable bonds is 6. The van der Waals surface area contributed by atoms with Crippen molar-refractivity contribution in [2.24, 2.45) is 5.92 Å². The van der Waals surface area contributed by atoms with Gasteiger partial charge in [-0.25, -0.2) is 4.79 Å². The highest BCUT2D eigenvalue weighted by Gasteiger charge is 2.38. The summed E-state index contributed by atoms with van der Waals surface area (Å²) in [6.07, 6.45) is -8.90. The SMILES string of the molecule is CC(Cc1cccc(C(F)(F)F)c1)N[C@H](CO)C(C)C.O=C(O)C(F)(F)F. The zero-order chi connectivity index (χ0) is 21.4. The van der Waals surface area contributed by atoms with E-state index < -0.39 is 23.9 Å². The first-order chi connectivity index (χ1) is 12.2. The molecule has 0 aromatic heterocycles. The standard InChI is InChI=1S/C15H22F3NO.C2HF3O2/c1-10(2)14(9-20)19-11(3)7-12-5-4-6-13(8-12)15(16,17)18;3-2(4,5)1(6)7/h4-6,8,10-11,14,19-20H,7,9H2,1-3H3;(H,6,7)/t11?,14-;/m1./s1. The maximum absolute atomic E-state index is 12.6. The lowest BCUT2D eigenvalue weighted by atomic mass is 10.0. The number of alkyl halides is 6. The van der Waals surface area contributed by atoms with Crippen LogP contribution in [0.15, 0.2) is 24.3 Å². The van der Waals surface area contributed by atoms with Crippen molar-refractivity contribution in [3.63, 3.8) is 0 Å². The fourth-order valence-electron chi connectivity index (χ4n) is 2.11. The lowest BCUT2D eigenvalue weighted by Gasteiger charge is -2.25. The molecular weight excluding hydrogens is 380 g/mol. The van der Waals surface area contributed by atoms with Crippen LogP contribution in [0.3, 0.4) is 0 Å². The van der Waals surface area contributed by atoms with Gasteiger partial charge in [-0.3, -0.25) is 0 Å². The van der Waals surface area contributed by atoms with Crippen molar-refractivity contribution in [3.8, 4) is 0 Å². The van der Waals surface area contributed by atoms with E-state index in [1.54, 1.807) is 6.07 Å². The number of carboxylic acids is 1. The van der Waals surface area contributed by atoms with Crippen molar-refractivity contribution in [1.82, 2.24) is 5.32 Å². The highest BCUT2D eigenvalue weighted by Crippen LogP contribution is 2.29. The molecule has 1 aromatic carbocycles. The molecule has 156 valence electrons. The Morgan fingerprint density at radius 2 is 1.63 bits per heavy atom. The number of aliphatic hydroxyl groups excluding tert-OH is 1. The van der Waals surface area contributed by atoms with Crippen LogP contribution in [-0.4, -0.2) is 41.0 Å². The van der Waals surface area contributed by atoms with Gasteiger partial charge < -0.3 is 15.5 Å². The molecule has 1 rings (SSSR count). The molecule has 4 nitrogen and oxygen atoms in total. The van der Waals surface area contributed by atoms with E-state index in [0.717, 1.165) is 6.07 Å². The number of carbonyl (C=O) groups is 1. The highest BCUT2D eigenvalue weighted by atomic mass is 19.4. The summed E-state index contributed by atoms with van der Waals surface area (Å²) in [5.74, 6) is -2.49. The quantitative estimate of drug-likeness (QED) is 0.631. The minimum absolute atomic E-state index is 0.00182. The lowest BCUT2D eigenvalue weighted by molar-refractivity contribution is -0.192. The zero-order valence-electron chi connectivity index (χ0n) is 15.0. The molecule has 0 aliphatic heterocycles. The Morgan fingerprint density at radius 3 is 2.00 bits per heavy atom. The van der Waals surface area contributed by atoms with E-state index in [1.165, 1.54) is 12.1 Å². The van der Waals surface area contributed by atoms with Gasteiger partial charge in [0.15, 0.2) is 0 Å². The Balaban J connectivity index is 0.000000821. The third-order valence-electron chi connectivity index (χ3n) is 3.54. The number of hydrogen-bond acceptors (Lipinski definition) is 3. The molecule has 2 atom stereocenters. The van der Waals surface area contributed by atoms with Gasteiger partial charge in [0.1, 0.15) is 0 Å². The molecule has 0 saturated carbocycles. The van der Waals surface area contributed by atoms with Crippen molar-refractivity contribution < 1.29 is 41.4 Å². The van der Waals surface area contributed by atoms with Gasteiger partial charge in [0.2, 0.25) is 0 Å². The largest absolute Gasteiger partial charge is 0.490 e. The van der Waals surface area contributed by atoms with Gasteiger partial charge in [0.25, 0.3) is 0 Å². The molecule has 0 heterocycles. The third kappa shape index (κ3) is 10.2. The van der Waals surface area contributed by atoms with Crippen LogP contribution in [0.25, 0.3) is 0 Å². The van der Waals surface area contributed by atoms with Gasteiger partial charge in [0.05, 0.1) is 12.2 Å². The van der Waals surface area contributed by atoms with Gasteiger partial charge >= 0.3 is 18.3 Å². The first-order valence-electron chi connectivity index (χ1n) is 8.01. The second-order valence-electron chi connectivity index (χ2n) is 6.31. The maximum atomic E-state index is 12.6. The van der Waals surface area contributed by atoms with Crippen LogP contribution in [0.5, 0.6) is 0 Å². The summed E-state index contributed by atoms with van der Waals surface area (Å²) < 4.78 is 69.6. The number of aliphatic hydroxyl groups is 1. The summed E-state index contributed by atoms with van der Waals surface area (Å²) in [4.78, 5) is 8.90. The number of carboxylic acid groups (broad SMARTS) is 1. The average molecular weight is 403 g/mol. The zero-order valence-corrected chi connectivity index (χ0v) is 15.0. The summed E-state index contributed by atoms with van der Waals surface area (Å²) in [6, 6.07) is 5.33. The summed E-state index contributed by atoms with van der Waals surface area (Å²) in [7, 11) is 0. The van der Waals surface area contributed by atoms with E-state index in [-0.39, 0.29) is 24.6 Å². The van der Waals surface area contributed by atoms with Gasteiger partial charge in [-0.1, -0.05) is 32.0 Å². The van der Waals surface area contributed by atoms with E-state index in [2.05, 4.69) is 5.32 Å². The average Bonchev–Trinajstić information content (AvgIpc) is 2.51. The molecule has 1 aromatic rings. The van der Waals surface area contributed by atoms with Gasteiger partial charge in [0, 0.05) is 12.1 Å². The van der Waals surface area contributed by atoms with Crippen LogP contribution in [0.4, 0.5) is 26.3 Å². The van der Waals surface area contributed by atoms with Gasteiger partial charge in [-0.2, -0.15) is 26.3 Å². The van der Waals surface area contributed by atoms with Crippen LogP contribution >= 0.6 is 0 Å². The first-order valence-corrected chi connectivity index (χ1v) is 8.01. The Kier molecular flexibility index (Phi) is 9.80. The van der Waals surface area contributed by atoms with Gasteiger partial charge in [-0.05, 0) is 30.9 Å². The number of benzene rings is 1. The fraction of sp³-hybridized carbons (Fsp3) is 0.588. The Labute approximate surface area is 153 Å². The summed E-state index contributed by atoms with van der Waals surface area (Å²) in [5, 5.41) is 19.6. The molecule has 27 heavy (non-hydrogen) atoms. The van der Waals surface area contributed by atoms with E-state index >= 15 is 0 Å². The number of nitrogens with one attached hydrogen (secondary N) is 1. The van der Waals surface area contributed by atoms with Crippen molar-refractivity contribution >= 4 is 5.97 Å². The topological polar surface area (TPSA) is 69.6 Å². The molecule has 3 N–H and O–H groups in total. The molecular formula is C17H23F6NO3. The second-order valence-corrected chi connectivity index (χ2v) is 6.31. The normalized spacial score (nSPS) is 14.3. The van der Waals surface area contributed by atoms with Crippen molar-refractivity contribution in [2.75, 3.05) is 6.61 Å². The van der Waals surface area contributed by atoms with Gasteiger partial charge in [-0.15, -0.1) is 0 Å². The van der Waals surface area contributed by atoms with Crippen molar-refractivity contribution in [1.29, 1.82) is 0 Å². The molecule has 1 unspecified atom stereocenters. The van der Waals surface area contributed by atoms with E-state index in [0.29, 0.717) is 12.0 Å². The Hall–Kier alpha value is -1.81. The second kappa shape index (κ2) is 10.5. The monoisotopic (exact) mass is 403 g/mol. The van der Waals surface area contributed by atoms with E-state index in [1.807, 2.05) is 20.8 Å².